The SMILES string of the molecule is CCN1[C@@H]2CC(=O)C[C@H]1[C@H](OC(C)=O)[C@@H]2OC(c1ccccc1)(c1ccc(OC)cc1)c1ccc(OC)cc1. The van der Waals surface area contributed by atoms with Gasteiger partial charge in [-0.2, -0.15) is 0 Å². The van der Waals surface area contributed by atoms with Crippen LogP contribution in [0.2, 0.25) is 0 Å². The Balaban J connectivity index is 1.73. The lowest BCUT2D eigenvalue weighted by Crippen LogP contribution is -2.47. The molecule has 2 heterocycles. The fourth-order valence-corrected chi connectivity index (χ4v) is 6.26. The van der Waals surface area contributed by atoms with Gasteiger partial charge < -0.3 is 18.9 Å². The van der Waals surface area contributed by atoms with Crippen LogP contribution in [-0.2, 0) is 24.7 Å². The molecule has 0 saturated carbocycles. The van der Waals surface area contributed by atoms with E-state index >= 15 is 0 Å². The molecule has 0 aromatic heterocycles. The van der Waals surface area contributed by atoms with E-state index in [-0.39, 0.29) is 23.8 Å². The number of methoxy groups -OCH3 is 2. The fraction of sp³-hybridized carbons (Fsp3) is 0.375. The third-order valence-electron chi connectivity index (χ3n) is 7.96. The van der Waals surface area contributed by atoms with Crippen molar-refractivity contribution in [2.75, 3.05) is 20.8 Å². The van der Waals surface area contributed by atoms with E-state index in [1.165, 1.54) is 6.92 Å². The highest BCUT2D eigenvalue weighted by Crippen LogP contribution is 2.47. The van der Waals surface area contributed by atoms with Crippen molar-refractivity contribution in [1.82, 2.24) is 4.90 Å². The Labute approximate surface area is 229 Å². The molecule has 2 saturated heterocycles. The lowest BCUT2D eigenvalue weighted by Gasteiger charge is -2.41. The molecule has 0 radical (unpaired) electrons. The Morgan fingerprint density at radius 1 is 0.795 bits per heavy atom. The second kappa shape index (κ2) is 11.2. The van der Waals surface area contributed by atoms with Crippen molar-refractivity contribution in [2.45, 2.75) is 56.6 Å². The third-order valence-corrected chi connectivity index (χ3v) is 7.96. The molecule has 0 unspecified atom stereocenters. The smallest absolute Gasteiger partial charge is 0.303 e. The van der Waals surface area contributed by atoms with E-state index < -0.39 is 17.8 Å². The van der Waals surface area contributed by atoms with Crippen molar-refractivity contribution < 1.29 is 28.5 Å². The van der Waals surface area contributed by atoms with Gasteiger partial charge in [0.25, 0.3) is 0 Å². The first-order valence-corrected chi connectivity index (χ1v) is 13.4. The van der Waals surface area contributed by atoms with Gasteiger partial charge in [0.2, 0.25) is 0 Å². The Morgan fingerprint density at radius 3 is 1.74 bits per heavy atom. The number of benzene rings is 3. The van der Waals surface area contributed by atoms with Gasteiger partial charge in [-0.15, -0.1) is 0 Å². The predicted molar refractivity (Wildman–Crippen MR) is 147 cm³/mol. The van der Waals surface area contributed by atoms with Crippen molar-refractivity contribution in [3.63, 3.8) is 0 Å². The maximum absolute atomic E-state index is 12.8. The maximum Gasteiger partial charge on any atom is 0.303 e. The summed E-state index contributed by atoms with van der Waals surface area (Å²) in [5.74, 6) is 1.24. The largest absolute Gasteiger partial charge is 0.497 e. The van der Waals surface area contributed by atoms with Gasteiger partial charge in [-0.3, -0.25) is 14.5 Å². The van der Waals surface area contributed by atoms with Crippen LogP contribution < -0.4 is 9.47 Å². The fourth-order valence-electron chi connectivity index (χ4n) is 6.26. The van der Waals surface area contributed by atoms with E-state index in [0.717, 1.165) is 34.7 Å². The number of fused-ring (bicyclic) bond motifs is 2. The summed E-state index contributed by atoms with van der Waals surface area (Å²) in [4.78, 5) is 27.4. The van der Waals surface area contributed by atoms with Gasteiger partial charge in [0.15, 0.2) is 0 Å². The van der Waals surface area contributed by atoms with Gasteiger partial charge in [0, 0.05) is 25.8 Å². The van der Waals surface area contributed by atoms with Gasteiger partial charge in [-0.1, -0.05) is 61.5 Å². The summed E-state index contributed by atoms with van der Waals surface area (Å²) in [7, 11) is 3.27. The number of ketones is 1. The lowest BCUT2D eigenvalue weighted by molar-refractivity contribution is -0.160. The molecule has 0 aliphatic carbocycles. The van der Waals surface area contributed by atoms with Crippen molar-refractivity contribution >= 4 is 11.8 Å². The van der Waals surface area contributed by atoms with Crippen LogP contribution in [0.5, 0.6) is 11.5 Å². The number of nitrogens with zero attached hydrogens (tertiary/aromatic N) is 1. The van der Waals surface area contributed by atoms with E-state index in [2.05, 4.69) is 11.8 Å². The summed E-state index contributed by atoms with van der Waals surface area (Å²) < 4.78 is 24.2. The molecule has 39 heavy (non-hydrogen) atoms. The third kappa shape index (κ3) is 4.92. The average molecular weight is 530 g/mol. The van der Waals surface area contributed by atoms with E-state index in [0.29, 0.717) is 12.8 Å². The lowest BCUT2D eigenvalue weighted by atomic mass is 9.79. The normalized spacial score (nSPS) is 22.9. The molecular weight excluding hydrogens is 494 g/mol. The van der Waals surface area contributed by atoms with Gasteiger partial charge in [0.1, 0.15) is 35.1 Å². The Morgan fingerprint density at radius 2 is 1.28 bits per heavy atom. The zero-order chi connectivity index (χ0) is 27.6. The first-order chi connectivity index (χ1) is 18.9. The number of carbonyl (C=O) groups is 2. The molecule has 204 valence electrons. The average Bonchev–Trinajstić information content (AvgIpc) is 3.13. The highest BCUT2D eigenvalue weighted by atomic mass is 16.6. The minimum Gasteiger partial charge on any atom is -0.497 e. The van der Waals surface area contributed by atoms with E-state index in [1.807, 2.05) is 78.9 Å². The number of hydrogen-bond acceptors (Lipinski definition) is 7. The summed E-state index contributed by atoms with van der Waals surface area (Å²) in [6, 6.07) is 25.2. The molecule has 4 atom stereocenters. The molecule has 2 aliphatic heterocycles. The highest BCUT2D eigenvalue weighted by molar-refractivity contribution is 5.81. The minimum absolute atomic E-state index is 0.164. The van der Waals surface area contributed by atoms with Crippen molar-refractivity contribution in [1.29, 1.82) is 0 Å². The van der Waals surface area contributed by atoms with E-state index in [4.69, 9.17) is 18.9 Å². The van der Waals surface area contributed by atoms with Crippen LogP contribution in [0, 0.1) is 0 Å². The molecular formula is C32H35NO6. The molecule has 0 N–H and O–H groups in total. The van der Waals surface area contributed by atoms with Crippen LogP contribution in [0.3, 0.4) is 0 Å². The van der Waals surface area contributed by atoms with Crippen LogP contribution in [-0.4, -0.2) is 61.7 Å². The summed E-state index contributed by atoms with van der Waals surface area (Å²) >= 11 is 0. The number of Topliss-reactive ketones (excluding diaryl/α,β-unsaturated/α-hetero) is 1. The minimum atomic E-state index is -1.08. The van der Waals surface area contributed by atoms with E-state index in [9.17, 15) is 9.59 Å². The Bertz CT molecular complexity index is 1240. The number of rotatable bonds is 9. The maximum atomic E-state index is 12.8. The van der Waals surface area contributed by atoms with Crippen LogP contribution in [0.15, 0.2) is 78.9 Å². The summed E-state index contributed by atoms with van der Waals surface area (Å²) in [6.45, 7) is 4.21. The molecule has 3 aromatic carbocycles. The van der Waals surface area contributed by atoms with Gasteiger partial charge in [0.05, 0.1) is 20.3 Å². The van der Waals surface area contributed by atoms with Crippen LogP contribution in [0.25, 0.3) is 0 Å². The first kappa shape index (κ1) is 26.9. The standard InChI is InChI=1S/C32H35NO6/c1-5-33-28-19-25(35)20-29(33)31(30(28)38-21(2)34)39-32(22-9-7-6-8-10-22,23-11-15-26(36-3)16-12-23)24-13-17-27(37-4)18-14-24/h6-18,28-31H,5,19-20H2,1-4H3/t28-,29+,30-,31+/m0/s1. The summed E-state index contributed by atoms with van der Waals surface area (Å²) in [6.07, 6.45) is -0.442. The first-order valence-electron chi connectivity index (χ1n) is 13.4. The van der Waals surface area contributed by atoms with Crippen LogP contribution in [0.1, 0.15) is 43.4 Å². The zero-order valence-electron chi connectivity index (χ0n) is 22.8. The number of carbonyl (C=O) groups excluding carboxylic acids is 2. The second-order valence-corrected chi connectivity index (χ2v) is 10.1. The number of ether oxygens (including phenoxy) is 4. The molecule has 5 rings (SSSR count). The molecule has 2 aliphatic rings. The molecule has 7 nitrogen and oxygen atoms in total. The number of piperidine rings is 1. The second-order valence-electron chi connectivity index (χ2n) is 10.1. The van der Waals surface area contributed by atoms with Crippen LogP contribution >= 0.6 is 0 Å². The number of hydrogen-bond donors (Lipinski definition) is 0. The summed E-state index contributed by atoms with van der Waals surface area (Å²) in [5.41, 5.74) is 1.61. The van der Waals surface area contributed by atoms with Gasteiger partial charge in [-0.25, -0.2) is 0 Å². The molecule has 2 bridgehead atoms. The van der Waals surface area contributed by atoms with Crippen molar-refractivity contribution in [3.8, 4) is 11.5 Å². The number of likely N-dealkylation sites (N-methyl/N-ethyl adjacent to an activating group) is 1. The Hall–Kier alpha value is -3.68. The Kier molecular flexibility index (Phi) is 7.73. The molecule has 3 aromatic rings. The monoisotopic (exact) mass is 529 g/mol. The molecule has 0 amide bonds. The van der Waals surface area contributed by atoms with Crippen molar-refractivity contribution in [3.05, 3.63) is 95.6 Å². The van der Waals surface area contributed by atoms with E-state index in [1.54, 1.807) is 14.2 Å². The summed E-state index contributed by atoms with van der Waals surface area (Å²) in [5, 5.41) is 0. The molecule has 7 heteroatoms. The zero-order valence-corrected chi connectivity index (χ0v) is 22.8. The van der Waals surface area contributed by atoms with Gasteiger partial charge in [-0.05, 0) is 47.5 Å². The highest BCUT2D eigenvalue weighted by Gasteiger charge is 2.57. The van der Waals surface area contributed by atoms with Gasteiger partial charge >= 0.3 is 5.97 Å². The van der Waals surface area contributed by atoms with Crippen LogP contribution in [0.4, 0.5) is 0 Å². The van der Waals surface area contributed by atoms with Crippen molar-refractivity contribution in [2.24, 2.45) is 0 Å². The number of esters is 1. The molecule has 2 fully saturated rings. The topological polar surface area (TPSA) is 74.3 Å². The predicted octanol–water partition coefficient (Wildman–Crippen LogP) is 4.75. The quantitative estimate of drug-likeness (QED) is 0.293. The molecule has 0 spiro atoms.